The van der Waals surface area contributed by atoms with Crippen LogP contribution < -0.4 is 16.0 Å². The van der Waals surface area contributed by atoms with Crippen molar-refractivity contribution in [2.45, 2.75) is 164 Å². The van der Waals surface area contributed by atoms with E-state index in [2.05, 4.69) is 69.3 Å². The number of amides is 2. The molecule has 0 bridgehead atoms. The van der Waals surface area contributed by atoms with E-state index in [1.807, 2.05) is 38.1 Å². The Hall–Kier alpha value is -3.57. The number of Topliss-reactive ketones (excluding diaryl/α,β-unsaturated/α-hetero) is 1. The summed E-state index contributed by atoms with van der Waals surface area (Å²) in [5, 5.41) is 19.6. The summed E-state index contributed by atoms with van der Waals surface area (Å²) >= 11 is 0. The Labute approximate surface area is 382 Å². The third-order valence-corrected chi connectivity index (χ3v) is 19.7. The van der Waals surface area contributed by atoms with Gasteiger partial charge in [-0.3, -0.25) is 28.9 Å². The molecule has 2 amide bonds. The Morgan fingerprint density at radius 3 is 2.14 bits per heavy atom. The number of carboxylic acids is 1. The molecule has 1 aromatic rings. The molecule has 0 radical (unpaired) electrons. The van der Waals surface area contributed by atoms with Crippen LogP contribution in [0.2, 0.25) is 0 Å². The lowest BCUT2D eigenvalue weighted by molar-refractivity contribution is -0.235. The zero-order chi connectivity index (χ0) is 46.6. The van der Waals surface area contributed by atoms with Crippen LogP contribution in [0.15, 0.2) is 35.4 Å². The number of hydrogen-bond acceptors (Lipinski definition) is 8. The number of carboxylic acid groups (broad SMARTS) is 1. The third kappa shape index (κ3) is 7.30. The summed E-state index contributed by atoms with van der Waals surface area (Å²) < 4.78 is 6.43. The summed E-state index contributed by atoms with van der Waals surface area (Å²) in [6.07, 6.45) is 7.72. The molecule has 10 atom stereocenters. The summed E-state index contributed by atoms with van der Waals surface area (Å²) in [6.45, 7) is 28.4. The van der Waals surface area contributed by atoms with E-state index in [-0.39, 0.29) is 69.6 Å². The van der Waals surface area contributed by atoms with Crippen molar-refractivity contribution in [2.75, 3.05) is 26.2 Å². The van der Waals surface area contributed by atoms with E-state index in [0.29, 0.717) is 30.2 Å². The van der Waals surface area contributed by atoms with Crippen LogP contribution in [0, 0.1) is 62.6 Å². The van der Waals surface area contributed by atoms with Crippen molar-refractivity contribution in [1.82, 2.24) is 20.9 Å². The fraction of sp³-hybridized carbons (Fsp3) is 0.755. The normalized spacial score (nSPS) is 37.9. The second kappa shape index (κ2) is 16.1. The van der Waals surface area contributed by atoms with Crippen LogP contribution in [0.3, 0.4) is 0 Å². The maximum absolute atomic E-state index is 14.6. The smallest absolute Gasteiger partial charge is 0.309 e. The van der Waals surface area contributed by atoms with Gasteiger partial charge in [-0.25, -0.2) is 0 Å². The van der Waals surface area contributed by atoms with Gasteiger partial charge in [0.05, 0.1) is 17.4 Å². The van der Waals surface area contributed by atoms with Gasteiger partial charge in [-0.15, -0.1) is 0 Å². The van der Waals surface area contributed by atoms with Crippen molar-refractivity contribution in [3.05, 3.63) is 46.5 Å². The maximum Gasteiger partial charge on any atom is 0.309 e. The van der Waals surface area contributed by atoms with Gasteiger partial charge < -0.3 is 25.8 Å². The average molecular weight is 883 g/mol. The average Bonchev–Trinajstić information content (AvgIpc) is 3.50. The van der Waals surface area contributed by atoms with E-state index in [9.17, 15) is 29.1 Å². The maximum atomic E-state index is 14.6. The summed E-state index contributed by atoms with van der Waals surface area (Å²) in [4.78, 5) is 70.5. The fourth-order valence-corrected chi connectivity index (χ4v) is 15.6. The molecular weight excluding hydrogens is 805 g/mol. The number of ether oxygens (including phenoxy) is 1. The highest BCUT2D eigenvalue weighted by molar-refractivity contribution is 6.03. The van der Waals surface area contributed by atoms with Gasteiger partial charge in [0.2, 0.25) is 5.91 Å². The lowest BCUT2D eigenvalue weighted by Gasteiger charge is -2.72. The lowest BCUT2D eigenvalue weighted by atomic mass is 9.33. The number of ketones is 1. The van der Waals surface area contributed by atoms with Crippen LogP contribution >= 0.6 is 0 Å². The molecule has 1 aliphatic heterocycles. The zero-order valence-corrected chi connectivity index (χ0v) is 40.8. The summed E-state index contributed by atoms with van der Waals surface area (Å²) in [7, 11) is 0. The SMILES string of the molecule is CC(C)C1=C2[C@H]3CC[C@@H]4[C@@]5(C)CC[C@H](OC(=O)[C@H]6C[C@@H](C(=O)O)C6(C)C)C(C)(C)[C@@H]5CC[C@@]4(C)[C@]3(C)CC[C@@]2(NC(=O)C(C)(C)NC(=O)c2ccc(CN3CCNCC3)cc2)CC1=O. The number of piperazine rings is 1. The number of carbonyl (C=O) groups excluding carboxylic acids is 4. The van der Waals surface area contributed by atoms with Crippen LogP contribution in [-0.4, -0.2) is 82.9 Å². The highest BCUT2D eigenvalue weighted by Crippen LogP contribution is 2.76. The van der Waals surface area contributed by atoms with Crippen molar-refractivity contribution in [1.29, 1.82) is 0 Å². The van der Waals surface area contributed by atoms with Gasteiger partial charge in [0.25, 0.3) is 5.91 Å². The topological polar surface area (TPSA) is 154 Å². The fourth-order valence-electron chi connectivity index (χ4n) is 15.6. The molecule has 7 aliphatic rings. The molecule has 0 aromatic heterocycles. The molecule has 5 saturated carbocycles. The molecule has 0 spiro atoms. The molecule has 1 heterocycles. The van der Waals surface area contributed by atoms with Gasteiger partial charge in [-0.2, -0.15) is 0 Å². The Bertz CT molecular complexity index is 2100. The predicted molar refractivity (Wildman–Crippen MR) is 247 cm³/mol. The van der Waals surface area contributed by atoms with Gasteiger partial charge in [0, 0.05) is 50.1 Å². The highest BCUT2D eigenvalue weighted by Gasteiger charge is 2.71. The van der Waals surface area contributed by atoms with Crippen LogP contribution in [0.4, 0.5) is 0 Å². The summed E-state index contributed by atoms with van der Waals surface area (Å²) in [5.41, 5.74) is 0.701. The number of allylic oxidation sites excluding steroid dienone is 1. The predicted octanol–water partition coefficient (Wildman–Crippen LogP) is 8.11. The van der Waals surface area contributed by atoms with Crippen molar-refractivity contribution >= 4 is 29.5 Å². The van der Waals surface area contributed by atoms with Gasteiger partial charge in [0.1, 0.15) is 11.6 Å². The Morgan fingerprint density at radius 2 is 1.52 bits per heavy atom. The molecular formula is C53H78N4O7. The third-order valence-electron chi connectivity index (χ3n) is 19.7. The number of carbonyl (C=O) groups is 5. The number of aliphatic carboxylic acids is 1. The van der Waals surface area contributed by atoms with E-state index in [0.717, 1.165) is 94.4 Å². The van der Waals surface area contributed by atoms with Gasteiger partial charge in [-0.05, 0) is 146 Å². The Kier molecular flexibility index (Phi) is 11.8. The minimum absolute atomic E-state index is 0.0176. The molecule has 11 nitrogen and oxygen atoms in total. The molecule has 6 fully saturated rings. The van der Waals surface area contributed by atoms with Crippen molar-refractivity contribution in [2.24, 2.45) is 62.6 Å². The molecule has 6 aliphatic carbocycles. The van der Waals surface area contributed by atoms with Crippen LogP contribution in [0.1, 0.15) is 156 Å². The van der Waals surface area contributed by atoms with Crippen molar-refractivity contribution in [3.8, 4) is 0 Å². The van der Waals surface area contributed by atoms with E-state index >= 15 is 0 Å². The number of fused-ring (bicyclic) bond motifs is 7. The zero-order valence-electron chi connectivity index (χ0n) is 40.8. The monoisotopic (exact) mass is 883 g/mol. The molecule has 1 saturated heterocycles. The number of nitrogens with zero attached hydrogens (tertiary/aromatic N) is 1. The van der Waals surface area contributed by atoms with Crippen molar-refractivity contribution in [3.63, 3.8) is 0 Å². The van der Waals surface area contributed by atoms with Gasteiger partial charge in [0.15, 0.2) is 5.78 Å². The number of rotatable bonds is 10. The van der Waals surface area contributed by atoms with Crippen LogP contribution in [0.25, 0.3) is 0 Å². The molecule has 1 aromatic carbocycles. The molecule has 11 heteroatoms. The molecule has 8 rings (SSSR count). The molecule has 352 valence electrons. The summed E-state index contributed by atoms with van der Waals surface area (Å²) in [6, 6.07) is 7.68. The first-order chi connectivity index (χ1) is 29.8. The van der Waals surface area contributed by atoms with Gasteiger partial charge >= 0.3 is 11.9 Å². The number of hydrogen-bond donors (Lipinski definition) is 4. The highest BCUT2D eigenvalue weighted by atomic mass is 16.5. The molecule has 0 unspecified atom stereocenters. The van der Waals surface area contributed by atoms with Crippen molar-refractivity contribution < 1.29 is 33.8 Å². The number of nitrogens with one attached hydrogen (secondary N) is 3. The van der Waals surface area contributed by atoms with E-state index in [4.69, 9.17) is 4.74 Å². The largest absolute Gasteiger partial charge is 0.481 e. The first-order valence-electron chi connectivity index (χ1n) is 24.7. The van der Waals surface area contributed by atoms with E-state index < -0.39 is 34.3 Å². The first-order valence-corrected chi connectivity index (χ1v) is 24.7. The van der Waals surface area contributed by atoms with Gasteiger partial charge in [-0.1, -0.05) is 74.4 Å². The quantitative estimate of drug-likeness (QED) is 0.171. The standard InChI is InChI=1S/C53H78N4O7/c1-31(2)41-37(58)29-53(56-46(63)49(7,8)55-43(59)33-14-12-32(13-15-33)30-57-26-24-54-25-27-57)23-22-51(10)34(42(41)53)16-17-39-50(9)20-19-40(48(5,6)38(50)18-21-52(39,51)11)64-45(62)36-28-35(44(60)61)47(36,3)4/h12-15,31,34-36,38-40,54H,16-30H2,1-11H3,(H,55,59)(H,56,63)(H,60,61)/t34-,35+,36-,38+,39-,40+,50+,51-,52-,53-/m1/s1. The minimum Gasteiger partial charge on any atom is -0.481 e. The first kappa shape index (κ1) is 46.9. The van der Waals surface area contributed by atoms with E-state index in [1.54, 1.807) is 13.8 Å². The van der Waals surface area contributed by atoms with E-state index in [1.165, 1.54) is 0 Å². The Balaban J connectivity index is 0.994. The van der Waals surface area contributed by atoms with Crippen LogP contribution in [0.5, 0.6) is 0 Å². The second-order valence-corrected chi connectivity index (χ2v) is 24.3. The minimum atomic E-state index is -1.23. The molecule has 64 heavy (non-hydrogen) atoms. The second-order valence-electron chi connectivity index (χ2n) is 24.3. The number of benzene rings is 1. The molecule has 4 N–H and O–H groups in total. The summed E-state index contributed by atoms with van der Waals surface area (Å²) in [5.74, 6) is -1.52. The van der Waals surface area contributed by atoms with Crippen LogP contribution in [-0.2, 0) is 30.5 Å². The lowest BCUT2D eigenvalue weighted by Crippen LogP contribution is -2.68. The Morgan fingerprint density at radius 1 is 0.844 bits per heavy atom. The number of esters is 1.